The second-order valence-corrected chi connectivity index (χ2v) is 2.77. The molecule has 11 heavy (non-hydrogen) atoms. The third kappa shape index (κ3) is 1.94. The molecule has 1 rings (SSSR count). The maximum Gasteiger partial charge on any atom is 0.354 e. The number of rotatable bonds is 2. The fourth-order valence-corrected chi connectivity index (χ4v) is 0.990. The van der Waals surface area contributed by atoms with Crippen LogP contribution in [-0.4, -0.2) is 22.3 Å². The van der Waals surface area contributed by atoms with E-state index in [-0.39, 0.29) is 5.69 Å². The Kier molecular flexibility index (Phi) is 2.48. The van der Waals surface area contributed by atoms with E-state index in [1.807, 2.05) is 6.26 Å². The van der Waals surface area contributed by atoms with Crippen molar-refractivity contribution in [3.8, 4) is 0 Å². The molecule has 1 heterocycles. The van der Waals surface area contributed by atoms with E-state index in [0.717, 1.165) is 4.90 Å². The summed E-state index contributed by atoms with van der Waals surface area (Å²) in [7, 11) is 0. The molecule has 4 heteroatoms. The van der Waals surface area contributed by atoms with Gasteiger partial charge in [-0.3, -0.25) is 0 Å². The molecule has 58 valence electrons. The van der Waals surface area contributed by atoms with Gasteiger partial charge in [0.15, 0.2) is 0 Å². The van der Waals surface area contributed by atoms with E-state index >= 15 is 0 Å². The van der Waals surface area contributed by atoms with Crippen LogP contribution >= 0.6 is 11.8 Å². The van der Waals surface area contributed by atoms with Gasteiger partial charge in [0.05, 0.1) is 0 Å². The van der Waals surface area contributed by atoms with Gasteiger partial charge in [-0.2, -0.15) is 0 Å². The van der Waals surface area contributed by atoms with Crippen LogP contribution in [0.25, 0.3) is 0 Å². The SMILES string of the molecule is CSc1ccc(C(=O)O)nc1. The number of carboxylic acids is 1. The Morgan fingerprint density at radius 3 is 2.73 bits per heavy atom. The quantitative estimate of drug-likeness (QED) is 0.681. The second kappa shape index (κ2) is 3.39. The Balaban J connectivity index is 2.91. The van der Waals surface area contributed by atoms with E-state index in [9.17, 15) is 4.79 Å². The number of carboxylic acid groups (broad SMARTS) is 1. The lowest BCUT2D eigenvalue weighted by Gasteiger charge is -1.94. The summed E-state index contributed by atoms with van der Waals surface area (Å²) in [6.07, 6.45) is 3.46. The van der Waals surface area contributed by atoms with Crippen LogP contribution in [0.15, 0.2) is 23.2 Å². The van der Waals surface area contributed by atoms with Crippen molar-refractivity contribution in [3.05, 3.63) is 24.0 Å². The smallest absolute Gasteiger partial charge is 0.354 e. The summed E-state index contributed by atoms with van der Waals surface area (Å²) in [5.74, 6) is -0.988. The molecule has 0 saturated heterocycles. The summed E-state index contributed by atoms with van der Waals surface area (Å²) in [6.45, 7) is 0. The lowest BCUT2D eigenvalue weighted by atomic mass is 10.4. The van der Waals surface area contributed by atoms with Gasteiger partial charge >= 0.3 is 5.97 Å². The lowest BCUT2D eigenvalue weighted by Crippen LogP contribution is -1.98. The Morgan fingerprint density at radius 2 is 2.36 bits per heavy atom. The molecule has 0 saturated carbocycles. The molecule has 1 N–H and O–H groups in total. The van der Waals surface area contributed by atoms with Crippen molar-refractivity contribution in [3.63, 3.8) is 0 Å². The molecule has 0 aromatic carbocycles. The van der Waals surface area contributed by atoms with Gasteiger partial charge in [0.25, 0.3) is 0 Å². The van der Waals surface area contributed by atoms with E-state index in [1.54, 1.807) is 12.3 Å². The predicted molar refractivity (Wildman–Crippen MR) is 43.0 cm³/mol. The van der Waals surface area contributed by atoms with Crippen LogP contribution in [0.2, 0.25) is 0 Å². The van der Waals surface area contributed by atoms with Crippen LogP contribution < -0.4 is 0 Å². The Bertz CT molecular complexity index is 258. The van der Waals surface area contributed by atoms with E-state index < -0.39 is 5.97 Å². The molecule has 0 fully saturated rings. The van der Waals surface area contributed by atoms with Gasteiger partial charge < -0.3 is 5.11 Å². The van der Waals surface area contributed by atoms with Crippen molar-refractivity contribution in [2.45, 2.75) is 4.90 Å². The molecule has 3 nitrogen and oxygen atoms in total. The molecule has 0 aliphatic carbocycles. The van der Waals surface area contributed by atoms with Gasteiger partial charge in [0.1, 0.15) is 5.69 Å². The minimum atomic E-state index is -0.988. The van der Waals surface area contributed by atoms with Gasteiger partial charge in [0.2, 0.25) is 0 Å². The first-order chi connectivity index (χ1) is 5.24. The molecule has 0 radical (unpaired) electrons. The minimum Gasteiger partial charge on any atom is -0.477 e. The molecule has 0 amide bonds. The van der Waals surface area contributed by atoms with E-state index in [2.05, 4.69) is 4.98 Å². The van der Waals surface area contributed by atoms with Crippen molar-refractivity contribution in [1.82, 2.24) is 4.98 Å². The summed E-state index contributed by atoms with van der Waals surface area (Å²) < 4.78 is 0. The van der Waals surface area contributed by atoms with Crippen molar-refractivity contribution in [2.75, 3.05) is 6.26 Å². The topological polar surface area (TPSA) is 50.2 Å². The third-order valence-corrected chi connectivity index (χ3v) is 1.90. The Hall–Kier alpha value is -1.03. The average molecular weight is 169 g/mol. The first-order valence-corrected chi connectivity index (χ1v) is 4.20. The third-order valence-electron chi connectivity index (χ3n) is 1.19. The highest BCUT2D eigenvalue weighted by atomic mass is 32.2. The molecular weight excluding hydrogens is 162 g/mol. The first-order valence-electron chi connectivity index (χ1n) is 2.97. The van der Waals surface area contributed by atoms with Crippen molar-refractivity contribution >= 4 is 17.7 Å². The van der Waals surface area contributed by atoms with Crippen LogP contribution in [0.3, 0.4) is 0 Å². The molecule has 0 unspecified atom stereocenters. The molecule has 1 aromatic rings. The fraction of sp³-hybridized carbons (Fsp3) is 0.143. The molecule has 0 atom stereocenters. The monoisotopic (exact) mass is 169 g/mol. The van der Waals surface area contributed by atoms with Crippen LogP contribution in [0.5, 0.6) is 0 Å². The Labute approximate surface area is 68.5 Å². The average Bonchev–Trinajstić information content (AvgIpc) is 2.05. The van der Waals surface area contributed by atoms with Crippen LogP contribution in [-0.2, 0) is 0 Å². The second-order valence-electron chi connectivity index (χ2n) is 1.89. The standard InChI is InChI=1S/C7H7NO2S/c1-11-5-2-3-6(7(9)10)8-4-5/h2-4H,1H3,(H,9,10). The fourth-order valence-electron chi connectivity index (χ4n) is 0.628. The zero-order valence-electron chi connectivity index (χ0n) is 5.94. The van der Waals surface area contributed by atoms with Crippen LogP contribution in [0.4, 0.5) is 0 Å². The summed E-state index contributed by atoms with van der Waals surface area (Å²) >= 11 is 1.53. The summed E-state index contributed by atoms with van der Waals surface area (Å²) in [5, 5.41) is 8.48. The van der Waals surface area contributed by atoms with Crippen LogP contribution in [0, 0.1) is 0 Å². The van der Waals surface area contributed by atoms with Gasteiger partial charge in [0, 0.05) is 11.1 Å². The van der Waals surface area contributed by atoms with Crippen molar-refractivity contribution < 1.29 is 9.90 Å². The lowest BCUT2D eigenvalue weighted by molar-refractivity contribution is 0.0690. The number of hydrogen-bond donors (Lipinski definition) is 1. The molecule has 0 bridgehead atoms. The van der Waals surface area contributed by atoms with E-state index in [1.165, 1.54) is 17.8 Å². The maximum atomic E-state index is 10.3. The zero-order valence-corrected chi connectivity index (χ0v) is 6.76. The number of pyridine rings is 1. The number of carbonyl (C=O) groups is 1. The van der Waals surface area contributed by atoms with Crippen LogP contribution in [0.1, 0.15) is 10.5 Å². The Morgan fingerprint density at radius 1 is 1.64 bits per heavy atom. The predicted octanol–water partition coefficient (Wildman–Crippen LogP) is 1.50. The van der Waals surface area contributed by atoms with E-state index in [4.69, 9.17) is 5.11 Å². The highest BCUT2D eigenvalue weighted by molar-refractivity contribution is 7.98. The highest BCUT2D eigenvalue weighted by Gasteiger charge is 2.01. The van der Waals surface area contributed by atoms with Crippen molar-refractivity contribution in [1.29, 1.82) is 0 Å². The number of aromatic nitrogens is 1. The van der Waals surface area contributed by atoms with Gasteiger partial charge in [-0.25, -0.2) is 9.78 Å². The number of hydrogen-bond acceptors (Lipinski definition) is 3. The number of aromatic carboxylic acids is 1. The number of nitrogens with zero attached hydrogens (tertiary/aromatic N) is 1. The van der Waals surface area contributed by atoms with Crippen molar-refractivity contribution in [2.24, 2.45) is 0 Å². The molecule has 0 aliphatic heterocycles. The highest BCUT2D eigenvalue weighted by Crippen LogP contribution is 2.12. The van der Waals surface area contributed by atoms with Gasteiger partial charge in [-0.1, -0.05) is 0 Å². The molecule has 1 aromatic heterocycles. The van der Waals surface area contributed by atoms with Gasteiger partial charge in [-0.05, 0) is 18.4 Å². The first kappa shape index (κ1) is 8.07. The number of thioether (sulfide) groups is 1. The zero-order chi connectivity index (χ0) is 8.27. The van der Waals surface area contributed by atoms with Gasteiger partial charge in [-0.15, -0.1) is 11.8 Å². The molecule has 0 aliphatic rings. The molecular formula is C7H7NO2S. The normalized spacial score (nSPS) is 9.55. The largest absolute Gasteiger partial charge is 0.477 e. The van der Waals surface area contributed by atoms with E-state index in [0.29, 0.717) is 0 Å². The summed E-state index contributed by atoms with van der Waals surface area (Å²) in [4.78, 5) is 15.0. The minimum absolute atomic E-state index is 0.0859. The maximum absolute atomic E-state index is 10.3. The molecule has 0 spiro atoms. The summed E-state index contributed by atoms with van der Waals surface area (Å²) in [5.41, 5.74) is 0.0859. The summed E-state index contributed by atoms with van der Waals surface area (Å²) in [6, 6.07) is 3.23.